The number of hydrogen-bond donors (Lipinski definition) is 1. The summed E-state index contributed by atoms with van der Waals surface area (Å²) in [6, 6.07) is 1.18. The van der Waals surface area contributed by atoms with Crippen molar-refractivity contribution in [3.63, 3.8) is 0 Å². The van der Waals surface area contributed by atoms with Crippen molar-refractivity contribution in [2.45, 2.75) is 44.9 Å². The van der Waals surface area contributed by atoms with E-state index < -0.39 is 29.4 Å². The standard InChI is InChI=1S/C18H17F5N4O/c1-9-3-6-15(28)27(9)16-14(20)8-24-17(26-16)25-10(2)12-5-4-11(7-13(12)19)18(21,22)23/h4-5,7-10H,3,6H2,1-2H3,(H,24,25,26)/t9?,10-/m0/s1. The lowest BCUT2D eigenvalue weighted by atomic mass is 10.0. The van der Waals surface area contributed by atoms with Crippen LogP contribution in [0.5, 0.6) is 0 Å². The second-order valence-electron chi connectivity index (χ2n) is 6.62. The summed E-state index contributed by atoms with van der Waals surface area (Å²) in [5, 5.41) is 2.73. The molecule has 1 amide bonds. The molecule has 1 unspecified atom stereocenters. The lowest BCUT2D eigenvalue weighted by Gasteiger charge is -2.22. The van der Waals surface area contributed by atoms with Crippen molar-refractivity contribution in [2.75, 3.05) is 10.2 Å². The third-order valence-corrected chi connectivity index (χ3v) is 4.58. The Morgan fingerprint density at radius 1 is 1.25 bits per heavy atom. The van der Waals surface area contributed by atoms with Crippen LogP contribution in [-0.4, -0.2) is 21.9 Å². The molecule has 1 N–H and O–H groups in total. The second-order valence-corrected chi connectivity index (χ2v) is 6.62. The zero-order valence-corrected chi connectivity index (χ0v) is 15.0. The Kier molecular flexibility index (Phi) is 5.22. The fourth-order valence-electron chi connectivity index (χ4n) is 3.08. The van der Waals surface area contributed by atoms with Crippen LogP contribution >= 0.6 is 0 Å². The highest BCUT2D eigenvalue weighted by atomic mass is 19.4. The SMILES string of the molecule is CC1CCC(=O)N1c1nc(N[C@@H](C)c2ccc(C(F)(F)F)cc2F)ncc1F. The highest BCUT2D eigenvalue weighted by Crippen LogP contribution is 2.32. The summed E-state index contributed by atoms with van der Waals surface area (Å²) in [5.74, 6) is -2.35. The van der Waals surface area contributed by atoms with Crippen molar-refractivity contribution >= 4 is 17.7 Å². The van der Waals surface area contributed by atoms with Gasteiger partial charge in [0.25, 0.3) is 0 Å². The topological polar surface area (TPSA) is 58.1 Å². The highest BCUT2D eigenvalue weighted by Gasteiger charge is 2.33. The molecule has 0 saturated carbocycles. The molecule has 2 heterocycles. The number of halogens is 5. The predicted octanol–water partition coefficient (Wildman–Crippen LogP) is 4.46. The molecule has 1 fully saturated rings. The number of carbonyl (C=O) groups is 1. The van der Waals surface area contributed by atoms with Crippen molar-refractivity contribution in [3.05, 3.63) is 47.2 Å². The van der Waals surface area contributed by atoms with E-state index in [1.807, 2.05) is 0 Å². The minimum Gasteiger partial charge on any atom is -0.348 e. The lowest BCUT2D eigenvalue weighted by molar-refractivity contribution is -0.137. The van der Waals surface area contributed by atoms with E-state index in [0.29, 0.717) is 12.5 Å². The van der Waals surface area contributed by atoms with E-state index in [4.69, 9.17) is 0 Å². The molecule has 2 atom stereocenters. The molecule has 1 saturated heterocycles. The zero-order chi connectivity index (χ0) is 20.6. The van der Waals surface area contributed by atoms with Crippen LogP contribution in [0.2, 0.25) is 0 Å². The molecular weight excluding hydrogens is 383 g/mol. The van der Waals surface area contributed by atoms with Crippen molar-refractivity contribution in [1.82, 2.24) is 9.97 Å². The van der Waals surface area contributed by atoms with Gasteiger partial charge in [0.2, 0.25) is 11.9 Å². The Bertz CT molecular complexity index is 902. The number of hydrogen-bond acceptors (Lipinski definition) is 4. The first-order chi connectivity index (χ1) is 13.1. The van der Waals surface area contributed by atoms with E-state index in [2.05, 4.69) is 15.3 Å². The molecule has 28 heavy (non-hydrogen) atoms. The van der Waals surface area contributed by atoms with Gasteiger partial charge in [-0.15, -0.1) is 0 Å². The molecule has 1 aromatic heterocycles. The van der Waals surface area contributed by atoms with Crippen molar-refractivity contribution < 1.29 is 26.7 Å². The molecule has 1 aliphatic heterocycles. The molecular formula is C18H17F5N4O. The Labute approximate surface area is 157 Å². The van der Waals surface area contributed by atoms with Gasteiger partial charge in [0.15, 0.2) is 11.6 Å². The van der Waals surface area contributed by atoms with E-state index in [9.17, 15) is 26.7 Å². The molecule has 150 valence electrons. The van der Waals surface area contributed by atoms with E-state index in [0.717, 1.165) is 18.3 Å². The average molecular weight is 400 g/mol. The van der Waals surface area contributed by atoms with Crippen LogP contribution in [0.4, 0.5) is 33.7 Å². The summed E-state index contributed by atoms with van der Waals surface area (Å²) >= 11 is 0. The van der Waals surface area contributed by atoms with Gasteiger partial charge in [-0.1, -0.05) is 6.07 Å². The third-order valence-electron chi connectivity index (χ3n) is 4.58. The molecule has 1 aliphatic rings. The maximum atomic E-state index is 14.1. The van der Waals surface area contributed by atoms with E-state index in [1.165, 1.54) is 11.8 Å². The first-order valence-electron chi connectivity index (χ1n) is 8.55. The summed E-state index contributed by atoms with van der Waals surface area (Å²) in [5.41, 5.74) is -1.13. The van der Waals surface area contributed by atoms with Crippen LogP contribution in [0.1, 0.15) is 43.9 Å². The Balaban J connectivity index is 1.84. The Morgan fingerprint density at radius 3 is 2.54 bits per heavy atom. The molecule has 5 nitrogen and oxygen atoms in total. The number of nitrogens with zero attached hydrogens (tertiary/aromatic N) is 3. The number of anilines is 2. The Hall–Kier alpha value is -2.78. The maximum Gasteiger partial charge on any atom is 0.416 e. The van der Waals surface area contributed by atoms with E-state index in [-0.39, 0.29) is 35.7 Å². The summed E-state index contributed by atoms with van der Waals surface area (Å²) < 4.78 is 66.3. The number of benzene rings is 1. The molecule has 2 aromatic rings. The van der Waals surface area contributed by atoms with E-state index in [1.54, 1.807) is 6.92 Å². The molecule has 0 bridgehead atoms. The zero-order valence-electron chi connectivity index (χ0n) is 15.0. The van der Waals surface area contributed by atoms with Crippen LogP contribution < -0.4 is 10.2 Å². The fraction of sp³-hybridized carbons (Fsp3) is 0.389. The average Bonchev–Trinajstić information content (AvgIpc) is 2.94. The first-order valence-corrected chi connectivity index (χ1v) is 8.55. The molecule has 3 rings (SSSR count). The number of aromatic nitrogens is 2. The normalized spacial score (nSPS) is 18.5. The molecule has 1 aromatic carbocycles. The number of carbonyl (C=O) groups excluding carboxylic acids is 1. The summed E-state index contributed by atoms with van der Waals surface area (Å²) in [7, 11) is 0. The molecule has 0 spiro atoms. The quantitative estimate of drug-likeness (QED) is 0.770. The Morgan fingerprint density at radius 2 is 1.96 bits per heavy atom. The van der Waals surface area contributed by atoms with Crippen LogP contribution in [0.3, 0.4) is 0 Å². The van der Waals surface area contributed by atoms with Crippen LogP contribution in [-0.2, 0) is 11.0 Å². The number of rotatable bonds is 4. The monoisotopic (exact) mass is 400 g/mol. The van der Waals surface area contributed by atoms with Gasteiger partial charge in [-0.2, -0.15) is 18.2 Å². The molecule has 10 heteroatoms. The maximum absolute atomic E-state index is 14.1. The van der Waals surface area contributed by atoms with Gasteiger partial charge in [0.1, 0.15) is 5.82 Å². The van der Waals surface area contributed by atoms with Crippen LogP contribution in [0.25, 0.3) is 0 Å². The van der Waals surface area contributed by atoms with Crippen molar-refractivity contribution in [1.29, 1.82) is 0 Å². The fourth-order valence-corrected chi connectivity index (χ4v) is 3.08. The number of nitrogens with one attached hydrogen (secondary N) is 1. The molecule has 0 aliphatic carbocycles. The van der Waals surface area contributed by atoms with Gasteiger partial charge in [-0.25, -0.2) is 13.8 Å². The first kappa shape index (κ1) is 20.0. The third kappa shape index (κ3) is 3.90. The van der Waals surface area contributed by atoms with Gasteiger partial charge in [0.05, 0.1) is 17.8 Å². The summed E-state index contributed by atoms with van der Waals surface area (Å²) in [6.45, 7) is 3.27. The number of amides is 1. The van der Waals surface area contributed by atoms with E-state index >= 15 is 0 Å². The smallest absolute Gasteiger partial charge is 0.348 e. The number of alkyl halides is 3. The van der Waals surface area contributed by atoms with Crippen molar-refractivity contribution in [2.24, 2.45) is 0 Å². The molecule has 0 radical (unpaired) electrons. The van der Waals surface area contributed by atoms with Gasteiger partial charge in [-0.3, -0.25) is 9.69 Å². The van der Waals surface area contributed by atoms with Gasteiger partial charge in [-0.05, 0) is 32.4 Å². The second kappa shape index (κ2) is 7.33. The van der Waals surface area contributed by atoms with Crippen LogP contribution in [0.15, 0.2) is 24.4 Å². The predicted molar refractivity (Wildman–Crippen MR) is 91.6 cm³/mol. The highest BCUT2D eigenvalue weighted by molar-refractivity contribution is 5.95. The largest absolute Gasteiger partial charge is 0.416 e. The van der Waals surface area contributed by atoms with Gasteiger partial charge >= 0.3 is 6.18 Å². The summed E-state index contributed by atoms with van der Waals surface area (Å²) in [4.78, 5) is 21.0. The minimum atomic E-state index is -4.65. The minimum absolute atomic E-state index is 0.0342. The van der Waals surface area contributed by atoms with Gasteiger partial charge in [0, 0.05) is 18.0 Å². The lowest BCUT2D eigenvalue weighted by Crippen LogP contribution is -2.32. The summed E-state index contributed by atoms with van der Waals surface area (Å²) in [6.07, 6.45) is -2.92. The van der Waals surface area contributed by atoms with Gasteiger partial charge < -0.3 is 5.32 Å². The van der Waals surface area contributed by atoms with Crippen LogP contribution in [0, 0.1) is 11.6 Å². The van der Waals surface area contributed by atoms with Crippen molar-refractivity contribution in [3.8, 4) is 0 Å².